The standard InChI is InChI=1S/C22H29F2N3O7/c1-4-12(2)17(27-22(33)34-11-14-8-6-5-7-9-14)20(30)25-13(3)19(29)26-15(10-16(23)24)18(28)21(31)32/h5-9,12-13,15-17H,4,10-11H2,1-3H3,(H,25,30)(H,26,29)(H,27,33)(H,31,32)/t12?,13-,15?,17-/m0/s1. The summed E-state index contributed by atoms with van der Waals surface area (Å²) in [6, 6.07) is 4.50. The average molecular weight is 485 g/mol. The van der Waals surface area contributed by atoms with Crippen molar-refractivity contribution in [3.05, 3.63) is 35.9 Å². The molecule has 1 aromatic rings. The molecule has 1 aromatic carbocycles. The van der Waals surface area contributed by atoms with E-state index in [1.54, 1.807) is 44.2 Å². The van der Waals surface area contributed by atoms with E-state index in [-0.39, 0.29) is 12.5 Å². The quantitative estimate of drug-likeness (QED) is 0.310. The molecule has 0 radical (unpaired) electrons. The van der Waals surface area contributed by atoms with E-state index in [9.17, 15) is 32.8 Å². The number of Topliss-reactive ketones (excluding diaryl/α,β-unsaturated/α-hetero) is 1. The van der Waals surface area contributed by atoms with E-state index in [4.69, 9.17) is 9.84 Å². The van der Waals surface area contributed by atoms with Crippen molar-refractivity contribution in [3.63, 3.8) is 0 Å². The van der Waals surface area contributed by atoms with Gasteiger partial charge >= 0.3 is 12.1 Å². The zero-order chi connectivity index (χ0) is 25.8. The van der Waals surface area contributed by atoms with Crippen molar-refractivity contribution in [1.82, 2.24) is 16.0 Å². The van der Waals surface area contributed by atoms with Crippen LogP contribution in [0.3, 0.4) is 0 Å². The molecular formula is C22H29F2N3O7. The van der Waals surface area contributed by atoms with Crippen LogP contribution in [0.5, 0.6) is 0 Å². The van der Waals surface area contributed by atoms with Crippen LogP contribution in [0, 0.1) is 5.92 Å². The van der Waals surface area contributed by atoms with Crippen LogP contribution < -0.4 is 16.0 Å². The smallest absolute Gasteiger partial charge is 0.408 e. The highest BCUT2D eigenvalue weighted by molar-refractivity contribution is 6.35. The van der Waals surface area contributed by atoms with Crippen molar-refractivity contribution in [3.8, 4) is 0 Å². The lowest BCUT2D eigenvalue weighted by Crippen LogP contribution is -2.56. The fraction of sp³-hybridized carbons (Fsp3) is 0.500. The Balaban J connectivity index is 2.77. The van der Waals surface area contributed by atoms with Gasteiger partial charge in [0.15, 0.2) is 0 Å². The van der Waals surface area contributed by atoms with Gasteiger partial charge in [-0.3, -0.25) is 14.4 Å². The normalized spacial score (nSPS) is 14.3. The highest BCUT2D eigenvalue weighted by Gasteiger charge is 2.33. The summed E-state index contributed by atoms with van der Waals surface area (Å²) in [5.41, 5.74) is 0.738. The van der Waals surface area contributed by atoms with E-state index < -0.39 is 60.6 Å². The third-order valence-corrected chi connectivity index (χ3v) is 4.99. The molecule has 0 aromatic heterocycles. The highest BCUT2D eigenvalue weighted by atomic mass is 19.3. The maximum atomic E-state index is 12.7. The largest absolute Gasteiger partial charge is 0.475 e. The summed E-state index contributed by atoms with van der Waals surface area (Å²) in [4.78, 5) is 59.7. The minimum absolute atomic E-state index is 0.0243. The summed E-state index contributed by atoms with van der Waals surface area (Å²) in [5.74, 6) is -5.73. The summed E-state index contributed by atoms with van der Waals surface area (Å²) < 4.78 is 30.5. The Bertz CT molecular complexity index is 867. The Labute approximate surface area is 195 Å². The topological polar surface area (TPSA) is 151 Å². The van der Waals surface area contributed by atoms with E-state index in [0.29, 0.717) is 6.42 Å². The number of alkyl halides is 2. The number of hydrogen-bond donors (Lipinski definition) is 4. The van der Waals surface area contributed by atoms with Gasteiger partial charge in [-0.25, -0.2) is 18.4 Å². The molecule has 1 rings (SSSR count). The number of rotatable bonds is 13. The first kappa shape index (κ1) is 28.5. The van der Waals surface area contributed by atoms with Gasteiger partial charge in [-0.15, -0.1) is 0 Å². The van der Waals surface area contributed by atoms with Gasteiger partial charge in [0.25, 0.3) is 5.78 Å². The van der Waals surface area contributed by atoms with Gasteiger partial charge in [-0.1, -0.05) is 50.6 Å². The molecule has 4 N–H and O–H groups in total. The van der Waals surface area contributed by atoms with E-state index in [1.807, 2.05) is 5.32 Å². The average Bonchev–Trinajstić information content (AvgIpc) is 2.79. The number of aliphatic carboxylic acids is 1. The summed E-state index contributed by atoms with van der Waals surface area (Å²) >= 11 is 0. The molecule has 34 heavy (non-hydrogen) atoms. The minimum atomic E-state index is -3.04. The number of hydrogen-bond acceptors (Lipinski definition) is 6. The van der Waals surface area contributed by atoms with Crippen LogP contribution in [0.1, 0.15) is 39.2 Å². The van der Waals surface area contributed by atoms with E-state index >= 15 is 0 Å². The van der Waals surface area contributed by atoms with Crippen LogP contribution in [0.4, 0.5) is 13.6 Å². The summed E-state index contributed by atoms with van der Waals surface area (Å²) in [5, 5.41) is 15.5. The van der Waals surface area contributed by atoms with Gasteiger partial charge in [0, 0.05) is 6.42 Å². The molecule has 2 unspecified atom stereocenters. The number of carbonyl (C=O) groups is 5. The zero-order valence-electron chi connectivity index (χ0n) is 19.0. The maximum absolute atomic E-state index is 12.7. The number of ether oxygens (including phenoxy) is 1. The van der Waals surface area contributed by atoms with Gasteiger partial charge in [-0.05, 0) is 18.4 Å². The van der Waals surface area contributed by atoms with E-state index in [1.165, 1.54) is 6.92 Å². The Hall–Kier alpha value is -3.57. The van der Waals surface area contributed by atoms with Crippen LogP contribution in [-0.2, 0) is 30.5 Å². The number of amides is 3. The number of carboxylic acids is 1. The third kappa shape index (κ3) is 9.51. The lowest BCUT2D eigenvalue weighted by molar-refractivity contribution is -0.151. The molecule has 188 valence electrons. The van der Waals surface area contributed by atoms with Crippen molar-refractivity contribution >= 4 is 29.7 Å². The third-order valence-electron chi connectivity index (χ3n) is 4.99. The molecule has 10 nitrogen and oxygen atoms in total. The minimum Gasteiger partial charge on any atom is -0.475 e. The van der Waals surface area contributed by atoms with Crippen molar-refractivity contribution in [2.45, 2.75) is 64.8 Å². The summed E-state index contributed by atoms with van der Waals surface area (Å²) in [7, 11) is 0. The van der Waals surface area contributed by atoms with E-state index in [2.05, 4.69) is 10.6 Å². The molecular weight excluding hydrogens is 456 g/mol. The number of alkyl carbamates (subject to hydrolysis) is 1. The summed E-state index contributed by atoms with van der Waals surface area (Å²) in [6.07, 6.45) is -4.60. The number of benzene rings is 1. The molecule has 4 atom stereocenters. The van der Waals surface area contributed by atoms with Crippen LogP contribution in [0.15, 0.2) is 30.3 Å². The highest BCUT2D eigenvalue weighted by Crippen LogP contribution is 2.10. The Morgan fingerprint density at radius 2 is 1.59 bits per heavy atom. The fourth-order valence-corrected chi connectivity index (χ4v) is 2.82. The van der Waals surface area contributed by atoms with Crippen LogP contribution in [-0.4, -0.2) is 59.3 Å². The predicted molar refractivity (Wildman–Crippen MR) is 116 cm³/mol. The molecule has 0 bridgehead atoms. The molecule has 0 aliphatic rings. The van der Waals surface area contributed by atoms with Crippen molar-refractivity contribution < 1.29 is 42.6 Å². The first-order valence-electron chi connectivity index (χ1n) is 10.6. The lowest BCUT2D eigenvalue weighted by Gasteiger charge is -2.25. The first-order valence-corrected chi connectivity index (χ1v) is 10.6. The van der Waals surface area contributed by atoms with Crippen molar-refractivity contribution in [1.29, 1.82) is 0 Å². The zero-order valence-corrected chi connectivity index (χ0v) is 19.0. The van der Waals surface area contributed by atoms with E-state index in [0.717, 1.165) is 5.56 Å². The number of nitrogens with one attached hydrogen (secondary N) is 3. The van der Waals surface area contributed by atoms with Gasteiger partial charge < -0.3 is 25.8 Å². The molecule has 0 saturated heterocycles. The van der Waals surface area contributed by atoms with Crippen LogP contribution in [0.25, 0.3) is 0 Å². The van der Waals surface area contributed by atoms with Gasteiger partial charge in [0.05, 0.1) is 0 Å². The number of ketones is 1. The van der Waals surface area contributed by atoms with Gasteiger partial charge in [0.1, 0.15) is 24.7 Å². The second kappa shape index (κ2) is 13.9. The Morgan fingerprint density at radius 1 is 0.971 bits per heavy atom. The molecule has 12 heteroatoms. The first-order chi connectivity index (χ1) is 16.0. The second-order valence-electron chi connectivity index (χ2n) is 7.66. The number of carbonyl (C=O) groups excluding carboxylic acids is 4. The molecule has 0 spiro atoms. The Kier molecular flexibility index (Phi) is 11.6. The SMILES string of the molecule is CCC(C)[C@H](NC(=O)OCc1ccccc1)C(=O)N[C@@H](C)C(=O)NC(CC(F)F)C(=O)C(=O)O. The van der Waals surface area contributed by atoms with Crippen LogP contribution >= 0.6 is 0 Å². The molecule has 3 amide bonds. The van der Waals surface area contributed by atoms with Gasteiger partial charge in [0.2, 0.25) is 18.2 Å². The van der Waals surface area contributed by atoms with Crippen molar-refractivity contribution in [2.24, 2.45) is 5.92 Å². The lowest BCUT2D eigenvalue weighted by atomic mass is 9.98. The van der Waals surface area contributed by atoms with Crippen LogP contribution in [0.2, 0.25) is 0 Å². The predicted octanol–water partition coefficient (Wildman–Crippen LogP) is 1.63. The number of carboxylic acid groups (broad SMARTS) is 1. The van der Waals surface area contributed by atoms with Crippen molar-refractivity contribution in [2.75, 3.05) is 0 Å². The monoisotopic (exact) mass is 485 g/mol. The number of halogens is 2. The maximum Gasteiger partial charge on any atom is 0.408 e. The Morgan fingerprint density at radius 3 is 2.12 bits per heavy atom. The molecule has 0 fully saturated rings. The second-order valence-corrected chi connectivity index (χ2v) is 7.66. The molecule has 0 aliphatic heterocycles. The fourth-order valence-electron chi connectivity index (χ4n) is 2.82. The van der Waals surface area contributed by atoms with Gasteiger partial charge in [-0.2, -0.15) is 0 Å². The molecule has 0 aliphatic carbocycles. The molecule has 0 saturated carbocycles. The molecule has 0 heterocycles. The summed E-state index contributed by atoms with van der Waals surface area (Å²) in [6.45, 7) is 4.67.